The fourth-order valence-electron chi connectivity index (χ4n) is 4.20. The van der Waals surface area contributed by atoms with E-state index in [-0.39, 0.29) is 5.69 Å². The summed E-state index contributed by atoms with van der Waals surface area (Å²) >= 11 is 0. The summed E-state index contributed by atoms with van der Waals surface area (Å²) in [7, 11) is 0. The molecule has 0 aliphatic rings. The van der Waals surface area contributed by atoms with Gasteiger partial charge in [-0.05, 0) is 54.4 Å². The van der Waals surface area contributed by atoms with Crippen LogP contribution in [0.5, 0.6) is 0 Å². The van der Waals surface area contributed by atoms with Gasteiger partial charge in [-0.15, -0.1) is 0 Å². The quantitative estimate of drug-likeness (QED) is 0.273. The molecule has 36 heavy (non-hydrogen) atoms. The summed E-state index contributed by atoms with van der Waals surface area (Å²) in [6.07, 6.45) is -0.294. The first-order valence-corrected chi connectivity index (χ1v) is 11.6. The number of imidazole rings is 1. The SMILES string of the molecule is CCCCc1nc2cccnc2n1Cc1ccc2oc(-c3ccccc3NC(=O)C(F)(F)F)cc2c1. The smallest absolute Gasteiger partial charge is 0.456 e. The number of furan rings is 1. The topological polar surface area (TPSA) is 73.0 Å². The number of carbonyl (C=O) groups is 1. The number of hydrogen-bond donors (Lipinski definition) is 1. The molecule has 0 aliphatic heterocycles. The number of aryl methyl sites for hydroxylation is 1. The Morgan fingerprint density at radius 2 is 1.92 bits per heavy atom. The van der Waals surface area contributed by atoms with Gasteiger partial charge in [-0.25, -0.2) is 9.97 Å². The fourth-order valence-corrected chi connectivity index (χ4v) is 4.20. The highest BCUT2D eigenvalue weighted by Crippen LogP contribution is 2.34. The summed E-state index contributed by atoms with van der Waals surface area (Å²) in [6, 6.07) is 17.6. The Kier molecular flexibility index (Phi) is 6.22. The van der Waals surface area contributed by atoms with Crippen molar-refractivity contribution in [2.45, 2.75) is 38.9 Å². The van der Waals surface area contributed by atoms with Crippen LogP contribution in [0.15, 0.2) is 71.3 Å². The molecule has 1 amide bonds. The molecule has 5 aromatic rings. The molecule has 0 atom stereocenters. The summed E-state index contributed by atoms with van der Waals surface area (Å²) in [5.41, 5.74) is 3.66. The van der Waals surface area contributed by atoms with Gasteiger partial charge in [0.1, 0.15) is 22.7 Å². The van der Waals surface area contributed by atoms with Crippen LogP contribution in [0.3, 0.4) is 0 Å². The van der Waals surface area contributed by atoms with Gasteiger partial charge in [-0.3, -0.25) is 4.79 Å². The molecule has 0 unspecified atom stereocenters. The summed E-state index contributed by atoms with van der Waals surface area (Å²) in [4.78, 5) is 20.8. The number of anilines is 1. The van der Waals surface area contributed by atoms with Crippen LogP contribution in [0.25, 0.3) is 33.5 Å². The van der Waals surface area contributed by atoms with Crippen molar-refractivity contribution in [2.75, 3.05) is 5.32 Å². The highest BCUT2D eigenvalue weighted by atomic mass is 19.4. The van der Waals surface area contributed by atoms with Gasteiger partial charge in [-0.2, -0.15) is 13.2 Å². The first-order chi connectivity index (χ1) is 17.3. The van der Waals surface area contributed by atoms with Crippen molar-refractivity contribution >= 4 is 33.7 Å². The third kappa shape index (κ3) is 4.68. The van der Waals surface area contributed by atoms with Gasteiger partial charge < -0.3 is 14.3 Å². The molecular formula is C27H23F3N4O2. The molecule has 3 aromatic heterocycles. The molecule has 0 radical (unpaired) electrons. The van der Waals surface area contributed by atoms with Crippen molar-refractivity contribution in [3.63, 3.8) is 0 Å². The number of halogens is 3. The molecule has 0 bridgehead atoms. The summed E-state index contributed by atoms with van der Waals surface area (Å²) in [6.45, 7) is 2.71. The van der Waals surface area contributed by atoms with E-state index in [1.165, 1.54) is 6.07 Å². The lowest BCUT2D eigenvalue weighted by molar-refractivity contribution is -0.167. The molecule has 0 saturated heterocycles. The summed E-state index contributed by atoms with van der Waals surface area (Å²) in [5.74, 6) is -0.695. The van der Waals surface area contributed by atoms with E-state index in [2.05, 4.69) is 16.5 Å². The second kappa shape index (κ2) is 9.49. The predicted octanol–water partition coefficient (Wildman–Crippen LogP) is 6.74. The Hall–Kier alpha value is -4.14. The number of fused-ring (bicyclic) bond motifs is 2. The largest absolute Gasteiger partial charge is 0.471 e. The highest BCUT2D eigenvalue weighted by molar-refractivity contribution is 5.99. The van der Waals surface area contributed by atoms with E-state index in [9.17, 15) is 18.0 Å². The van der Waals surface area contributed by atoms with E-state index < -0.39 is 12.1 Å². The number of aromatic nitrogens is 3. The van der Waals surface area contributed by atoms with Gasteiger partial charge in [0.05, 0.1) is 12.2 Å². The molecule has 0 fully saturated rings. The summed E-state index contributed by atoms with van der Waals surface area (Å²) in [5, 5.41) is 2.73. The van der Waals surface area contributed by atoms with Crippen molar-refractivity contribution in [1.82, 2.24) is 14.5 Å². The van der Waals surface area contributed by atoms with Crippen LogP contribution in [-0.4, -0.2) is 26.6 Å². The number of pyridine rings is 1. The van der Waals surface area contributed by atoms with Crippen LogP contribution in [-0.2, 0) is 17.8 Å². The lowest BCUT2D eigenvalue weighted by Gasteiger charge is -2.10. The van der Waals surface area contributed by atoms with E-state index in [0.29, 0.717) is 23.5 Å². The van der Waals surface area contributed by atoms with Gasteiger partial charge in [0.25, 0.3) is 0 Å². The molecular weight excluding hydrogens is 469 g/mol. The number of rotatable bonds is 7. The number of para-hydroxylation sites is 1. The number of alkyl halides is 3. The van der Waals surface area contributed by atoms with E-state index in [4.69, 9.17) is 9.40 Å². The first-order valence-electron chi connectivity index (χ1n) is 11.6. The molecule has 1 N–H and O–H groups in total. The number of unbranched alkanes of at least 4 members (excludes halogenated alkanes) is 1. The average molecular weight is 493 g/mol. The Labute approximate surface area is 204 Å². The van der Waals surface area contributed by atoms with Gasteiger partial charge in [-0.1, -0.05) is 31.5 Å². The second-order valence-corrected chi connectivity index (χ2v) is 8.54. The Morgan fingerprint density at radius 3 is 2.72 bits per heavy atom. The standard InChI is InChI=1S/C27H23F3N4O2/c1-2-3-10-24-32-21-9-6-13-31-25(21)34(24)16-17-11-12-22-18(14-17)15-23(36-22)19-7-4-5-8-20(19)33-26(35)27(28,29)30/h4-9,11-15H,2-3,10,16H2,1H3,(H,33,35). The lowest BCUT2D eigenvalue weighted by atomic mass is 10.1. The minimum Gasteiger partial charge on any atom is -0.456 e. The van der Waals surface area contributed by atoms with Crippen LogP contribution in [0.2, 0.25) is 0 Å². The zero-order valence-corrected chi connectivity index (χ0v) is 19.5. The van der Waals surface area contributed by atoms with Crippen molar-refractivity contribution in [2.24, 2.45) is 0 Å². The molecule has 2 aromatic carbocycles. The molecule has 184 valence electrons. The predicted molar refractivity (Wildman–Crippen MR) is 132 cm³/mol. The van der Waals surface area contributed by atoms with Crippen LogP contribution in [0.4, 0.5) is 18.9 Å². The van der Waals surface area contributed by atoms with E-state index in [0.717, 1.165) is 47.2 Å². The van der Waals surface area contributed by atoms with Crippen molar-refractivity contribution < 1.29 is 22.4 Å². The van der Waals surface area contributed by atoms with Crippen molar-refractivity contribution in [1.29, 1.82) is 0 Å². The van der Waals surface area contributed by atoms with Crippen LogP contribution in [0, 0.1) is 0 Å². The minimum absolute atomic E-state index is 0.0237. The van der Waals surface area contributed by atoms with Crippen molar-refractivity contribution in [3.8, 4) is 11.3 Å². The minimum atomic E-state index is -4.99. The second-order valence-electron chi connectivity index (χ2n) is 8.54. The number of hydrogen-bond acceptors (Lipinski definition) is 4. The number of carbonyl (C=O) groups excluding carboxylic acids is 1. The monoisotopic (exact) mass is 492 g/mol. The highest BCUT2D eigenvalue weighted by Gasteiger charge is 2.39. The average Bonchev–Trinajstić information content (AvgIpc) is 3.43. The zero-order chi connectivity index (χ0) is 25.3. The van der Waals surface area contributed by atoms with Crippen LogP contribution in [0.1, 0.15) is 31.2 Å². The molecule has 5 rings (SSSR count). The van der Waals surface area contributed by atoms with Gasteiger partial charge >= 0.3 is 12.1 Å². The van der Waals surface area contributed by atoms with E-state index in [1.807, 2.05) is 35.6 Å². The Bertz CT molecular complexity index is 1550. The van der Waals surface area contributed by atoms with Gasteiger partial charge in [0, 0.05) is 23.6 Å². The maximum atomic E-state index is 12.8. The van der Waals surface area contributed by atoms with Gasteiger partial charge in [0.2, 0.25) is 0 Å². The Morgan fingerprint density at radius 1 is 1.08 bits per heavy atom. The third-order valence-electron chi connectivity index (χ3n) is 5.96. The van der Waals surface area contributed by atoms with Crippen molar-refractivity contribution in [3.05, 3.63) is 78.2 Å². The lowest BCUT2D eigenvalue weighted by Crippen LogP contribution is -2.30. The Balaban J connectivity index is 1.48. The van der Waals surface area contributed by atoms with E-state index in [1.54, 1.807) is 30.5 Å². The van der Waals surface area contributed by atoms with Crippen LogP contribution < -0.4 is 5.32 Å². The molecule has 6 nitrogen and oxygen atoms in total. The molecule has 0 saturated carbocycles. The molecule has 0 aliphatic carbocycles. The van der Waals surface area contributed by atoms with Gasteiger partial charge in [0.15, 0.2) is 5.65 Å². The molecule has 0 spiro atoms. The molecule has 9 heteroatoms. The normalized spacial score (nSPS) is 11.9. The van der Waals surface area contributed by atoms with Crippen LogP contribution >= 0.6 is 0 Å². The maximum Gasteiger partial charge on any atom is 0.471 e. The zero-order valence-electron chi connectivity index (χ0n) is 19.5. The first kappa shape index (κ1) is 23.6. The maximum absolute atomic E-state index is 12.8. The molecule has 3 heterocycles. The summed E-state index contributed by atoms with van der Waals surface area (Å²) < 4.78 is 46.4. The number of benzene rings is 2. The van der Waals surface area contributed by atoms with E-state index >= 15 is 0 Å². The number of nitrogens with one attached hydrogen (secondary N) is 1. The number of amides is 1. The number of nitrogens with zero attached hydrogens (tertiary/aromatic N) is 3. The third-order valence-corrected chi connectivity index (χ3v) is 5.96. The fraction of sp³-hybridized carbons (Fsp3) is 0.222.